The minimum Gasteiger partial charge on any atom is -0.302 e. The Morgan fingerprint density at radius 1 is 1.47 bits per heavy atom. The third-order valence-corrected chi connectivity index (χ3v) is 4.74. The van der Waals surface area contributed by atoms with Crippen LogP contribution in [0.3, 0.4) is 0 Å². The zero-order valence-corrected chi connectivity index (χ0v) is 13.9. The van der Waals surface area contributed by atoms with Gasteiger partial charge in [0.25, 0.3) is 0 Å². The predicted molar refractivity (Wildman–Crippen MR) is 83.6 cm³/mol. The molecule has 1 amide bonds. The molecule has 0 saturated carbocycles. The average molecular weight is 360 g/mol. The first kappa shape index (κ1) is 14.6. The summed E-state index contributed by atoms with van der Waals surface area (Å²) in [5.41, 5.74) is 0.979. The lowest BCUT2D eigenvalue weighted by molar-refractivity contribution is -0.114. The second-order valence-electron chi connectivity index (χ2n) is 4.20. The fourth-order valence-electron chi connectivity index (χ4n) is 1.62. The first-order valence-corrected chi connectivity index (χ1v) is 8.16. The first-order chi connectivity index (χ1) is 9.02. The van der Waals surface area contributed by atoms with E-state index >= 15 is 0 Å². The van der Waals surface area contributed by atoms with E-state index in [9.17, 15) is 4.79 Å². The third-order valence-electron chi connectivity index (χ3n) is 2.32. The standard InChI is InChI=1S/C12H14BrN3OS2/c1-8(17)14-12-15-9(7-18-12)5-16(2)6-10-3-4-11(13)19-10/h3-4,7H,5-6H2,1-2H3,(H,14,15,17). The van der Waals surface area contributed by atoms with Gasteiger partial charge in [0, 0.05) is 30.3 Å². The highest BCUT2D eigenvalue weighted by Crippen LogP contribution is 2.23. The number of hydrogen-bond donors (Lipinski definition) is 1. The van der Waals surface area contributed by atoms with Crippen LogP contribution in [0.2, 0.25) is 0 Å². The SMILES string of the molecule is CC(=O)Nc1nc(CN(C)Cc2ccc(Br)s2)cs1. The van der Waals surface area contributed by atoms with Crippen molar-refractivity contribution >= 4 is 49.6 Å². The van der Waals surface area contributed by atoms with Crippen molar-refractivity contribution in [2.45, 2.75) is 20.0 Å². The fourth-order valence-corrected chi connectivity index (χ4v) is 3.93. The van der Waals surface area contributed by atoms with Gasteiger partial charge >= 0.3 is 0 Å². The molecule has 0 aliphatic rings. The molecule has 0 aliphatic heterocycles. The summed E-state index contributed by atoms with van der Waals surface area (Å²) in [5, 5.41) is 5.34. The molecule has 0 unspecified atom stereocenters. The van der Waals surface area contributed by atoms with Gasteiger partial charge in [-0.3, -0.25) is 9.69 Å². The lowest BCUT2D eigenvalue weighted by Gasteiger charge is -2.13. The van der Waals surface area contributed by atoms with Crippen molar-refractivity contribution in [3.63, 3.8) is 0 Å². The van der Waals surface area contributed by atoms with Crippen molar-refractivity contribution in [1.29, 1.82) is 0 Å². The Hall–Kier alpha value is -0.760. The molecule has 1 N–H and O–H groups in total. The van der Waals surface area contributed by atoms with Crippen LogP contribution in [0, 0.1) is 0 Å². The van der Waals surface area contributed by atoms with Gasteiger partial charge in [-0.15, -0.1) is 22.7 Å². The summed E-state index contributed by atoms with van der Waals surface area (Å²) in [5.74, 6) is -0.0855. The van der Waals surface area contributed by atoms with Crippen LogP contribution < -0.4 is 5.32 Å². The number of hydrogen-bond acceptors (Lipinski definition) is 5. The second-order valence-corrected chi connectivity index (χ2v) is 7.61. The van der Waals surface area contributed by atoms with E-state index in [1.807, 2.05) is 5.38 Å². The van der Waals surface area contributed by atoms with Gasteiger partial charge in [-0.25, -0.2) is 4.98 Å². The van der Waals surface area contributed by atoms with Gasteiger partial charge in [-0.05, 0) is 35.1 Å². The highest BCUT2D eigenvalue weighted by atomic mass is 79.9. The molecule has 102 valence electrons. The molecule has 0 radical (unpaired) electrons. The molecular formula is C12H14BrN3OS2. The minimum atomic E-state index is -0.0855. The summed E-state index contributed by atoms with van der Waals surface area (Å²) in [6.07, 6.45) is 0. The summed E-state index contributed by atoms with van der Waals surface area (Å²) in [6.45, 7) is 3.15. The zero-order valence-electron chi connectivity index (χ0n) is 10.6. The van der Waals surface area contributed by atoms with E-state index < -0.39 is 0 Å². The van der Waals surface area contributed by atoms with Crippen LogP contribution in [0.1, 0.15) is 17.5 Å². The molecule has 0 aliphatic carbocycles. The molecule has 0 saturated heterocycles. The smallest absolute Gasteiger partial charge is 0.223 e. The summed E-state index contributed by atoms with van der Waals surface area (Å²) >= 11 is 6.66. The number of carbonyl (C=O) groups is 1. The highest BCUT2D eigenvalue weighted by molar-refractivity contribution is 9.11. The molecule has 2 rings (SSSR count). The Balaban J connectivity index is 1.89. The third kappa shape index (κ3) is 4.68. The number of thiazole rings is 1. The van der Waals surface area contributed by atoms with Crippen LogP contribution in [0.4, 0.5) is 5.13 Å². The molecule has 0 atom stereocenters. The molecule has 2 aromatic rings. The van der Waals surface area contributed by atoms with Crippen molar-refractivity contribution < 1.29 is 4.79 Å². The van der Waals surface area contributed by atoms with Gasteiger partial charge in [-0.1, -0.05) is 0 Å². The number of anilines is 1. The Morgan fingerprint density at radius 3 is 2.89 bits per heavy atom. The molecular weight excluding hydrogens is 346 g/mol. The quantitative estimate of drug-likeness (QED) is 0.887. The van der Waals surface area contributed by atoms with Crippen LogP contribution in [-0.2, 0) is 17.9 Å². The van der Waals surface area contributed by atoms with E-state index in [1.54, 1.807) is 11.3 Å². The number of rotatable bonds is 5. The predicted octanol–water partition coefficient (Wildman–Crippen LogP) is 3.56. The van der Waals surface area contributed by atoms with Crippen molar-refractivity contribution in [3.8, 4) is 0 Å². The lowest BCUT2D eigenvalue weighted by atomic mass is 10.4. The van der Waals surface area contributed by atoms with E-state index in [2.05, 4.69) is 50.3 Å². The first-order valence-electron chi connectivity index (χ1n) is 5.67. The second kappa shape index (κ2) is 6.60. The molecule has 0 aromatic carbocycles. The summed E-state index contributed by atoms with van der Waals surface area (Å²) < 4.78 is 1.15. The molecule has 19 heavy (non-hydrogen) atoms. The minimum absolute atomic E-state index is 0.0855. The van der Waals surface area contributed by atoms with Crippen molar-refractivity contribution in [2.24, 2.45) is 0 Å². The average Bonchev–Trinajstić information content (AvgIpc) is 2.88. The number of aromatic nitrogens is 1. The maximum Gasteiger partial charge on any atom is 0.223 e. The Morgan fingerprint density at radius 2 is 2.26 bits per heavy atom. The van der Waals surface area contributed by atoms with Crippen LogP contribution in [0.15, 0.2) is 21.3 Å². The number of nitrogens with zero attached hydrogens (tertiary/aromatic N) is 2. The summed E-state index contributed by atoms with van der Waals surface area (Å²) in [6, 6.07) is 4.18. The van der Waals surface area contributed by atoms with Crippen molar-refractivity contribution in [1.82, 2.24) is 9.88 Å². The summed E-state index contributed by atoms with van der Waals surface area (Å²) in [4.78, 5) is 18.8. The highest BCUT2D eigenvalue weighted by Gasteiger charge is 2.08. The van der Waals surface area contributed by atoms with Crippen LogP contribution in [-0.4, -0.2) is 22.8 Å². The number of nitrogens with one attached hydrogen (secondary N) is 1. The van der Waals surface area contributed by atoms with Gasteiger partial charge in [0.05, 0.1) is 9.48 Å². The molecule has 0 spiro atoms. The maximum atomic E-state index is 10.9. The Labute approximate surface area is 128 Å². The molecule has 0 bridgehead atoms. The number of carbonyl (C=O) groups excluding carboxylic acids is 1. The number of amides is 1. The van der Waals surface area contributed by atoms with E-state index in [-0.39, 0.29) is 5.91 Å². The lowest BCUT2D eigenvalue weighted by Crippen LogP contribution is -2.16. The van der Waals surface area contributed by atoms with Gasteiger partial charge in [-0.2, -0.15) is 0 Å². The van der Waals surface area contributed by atoms with E-state index in [1.165, 1.54) is 23.1 Å². The monoisotopic (exact) mass is 359 g/mol. The molecule has 0 fully saturated rings. The molecule has 2 heterocycles. The molecule has 7 heteroatoms. The van der Waals surface area contributed by atoms with Crippen molar-refractivity contribution in [3.05, 3.63) is 31.9 Å². The maximum absolute atomic E-state index is 10.9. The van der Waals surface area contributed by atoms with Crippen LogP contribution >= 0.6 is 38.6 Å². The normalized spacial score (nSPS) is 10.9. The van der Waals surface area contributed by atoms with Crippen LogP contribution in [0.25, 0.3) is 0 Å². The van der Waals surface area contributed by atoms with Gasteiger partial charge in [0.1, 0.15) is 0 Å². The molecule has 2 aromatic heterocycles. The van der Waals surface area contributed by atoms with Gasteiger partial charge in [0.2, 0.25) is 5.91 Å². The van der Waals surface area contributed by atoms with Gasteiger partial charge < -0.3 is 5.32 Å². The zero-order chi connectivity index (χ0) is 13.8. The number of halogens is 1. The number of thiophene rings is 1. The Kier molecular flexibility index (Phi) is 5.09. The van der Waals surface area contributed by atoms with E-state index in [0.717, 1.165) is 22.6 Å². The van der Waals surface area contributed by atoms with Gasteiger partial charge in [0.15, 0.2) is 5.13 Å². The topological polar surface area (TPSA) is 45.2 Å². The van der Waals surface area contributed by atoms with Crippen molar-refractivity contribution in [2.75, 3.05) is 12.4 Å². The van der Waals surface area contributed by atoms with E-state index in [4.69, 9.17) is 0 Å². The summed E-state index contributed by atoms with van der Waals surface area (Å²) in [7, 11) is 2.06. The molecule has 4 nitrogen and oxygen atoms in total. The largest absolute Gasteiger partial charge is 0.302 e. The Bertz CT molecular complexity index is 567. The fraction of sp³-hybridized carbons (Fsp3) is 0.333. The van der Waals surface area contributed by atoms with Crippen LogP contribution in [0.5, 0.6) is 0 Å². The van der Waals surface area contributed by atoms with E-state index in [0.29, 0.717) is 5.13 Å².